The molecule has 3 rings (SSSR count). The molecule has 0 bridgehead atoms. The monoisotopic (exact) mass is 269 g/mol. The van der Waals surface area contributed by atoms with Crippen LogP contribution in [0.2, 0.25) is 0 Å². The van der Waals surface area contributed by atoms with Gasteiger partial charge in [0.15, 0.2) is 0 Å². The van der Waals surface area contributed by atoms with Crippen molar-refractivity contribution in [2.75, 3.05) is 11.9 Å². The van der Waals surface area contributed by atoms with E-state index in [9.17, 15) is 0 Å². The van der Waals surface area contributed by atoms with Crippen molar-refractivity contribution < 1.29 is 5.11 Å². The van der Waals surface area contributed by atoms with Crippen LogP contribution in [0.25, 0.3) is 10.8 Å². The maximum absolute atomic E-state index is 8.85. The van der Waals surface area contributed by atoms with E-state index in [1.54, 1.807) is 10.9 Å². The molecule has 0 unspecified atom stereocenters. The highest BCUT2D eigenvalue weighted by Gasteiger charge is 2.03. The van der Waals surface area contributed by atoms with Gasteiger partial charge in [0.05, 0.1) is 25.9 Å². The number of aromatic nitrogens is 4. The number of nitrogens with zero attached hydrogens (tertiary/aromatic N) is 4. The highest BCUT2D eigenvalue weighted by Crippen LogP contribution is 2.22. The maximum atomic E-state index is 8.85. The lowest BCUT2D eigenvalue weighted by molar-refractivity contribution is 0.268. The molecule has 6 heteroatoms. The van der Waals surface area contributed by atoms with E-state index in [0.717, 1.165) is 22.2 Å². The van der Waals surface area contributed by atoms with Crippen molar-refractivity contribution in [1.29, 1.82) is 0 Å². The molecule has 1 aromatic carbocycles. The molecule has 6 nitrogen and oxygen atoms in total. The summed E-state index contributed by atoms with van der Waals surface area (Å²) in [4.78, 5) is 4.12. The van der Waals surface area contributed by atoms with E-state index in [4.69, 9.17) is 5.11 Å². The van der Waals surface area contributed by atoms with Gasteiger partial charge >= 0.3 is 0 Å². The van der Waals surface area contributed by atoms with Gasteiger partial charge in [-0.1, -0.05) is 17.3 Å². The zero-order valence-corrected chi connectivity index (χ0v) is 10.9. The molecule has 0 aliphatic heterocycles. The molecule has 0 spiro atoms. The van der Waals surface area contributed by atoms with Crippen LogP contribution < -0.4 is 5.32 Å². The summed E-state index contributed by atoms with van der Waals surface area (Å²) in [7, 11) is 0. The summed E-state index contributed by atoms with van der Waals surface area (Å²) in [5.74, 6) is 0. The second-order valence-corrected chi connectivity index (χ2v) is 4.45. The molecular formula is C14H15N5O. The standard InChI is InChI=1S/C14H15N5O/c20-7-6-19-10-12(17-18-19)9-16-14-3-1-2-11-8-15-5-4-13(11)14/h1-5,8,10,16,20H,6-7,9H2. The Morgan fingerprint density at radius 1 is 1.25 bits per heavy atom. The second kappa shape index (κ2) is 5.66. The largest absolute Gasteiger partial charge is 0.394 e. The van der Waals surface area contributed by atoms with E-state index in [2.05, 4.69) is 20.6 Å². The molecule has 0 saturated heterocycles. The van der Waals surface area contributed by atoms with Crippen molar-refractivity contribution in [3.8, 4) is 0 Å². The van der Waals surface area contributed by atoms with Crippen LogP contribution in [0.3, 0.4) is 0 Å². The fourth-order valence-corrected chi connectivity index (χ4v) is 2.09. The van der Waals surface area contributed by atoms with Crippen LogP contribution in [0, 0.1) is 0 Å². The van der Waals surface area contributed by atoms with Gasteiger partial charge in [-0.2, -0.15) is 0 Å². The summed E-state index contributed by atoms with van der Waals surface area (Å²) in [5.41, 5.74) is 1.88. The summed E-state index contributed by atoms with van der Waals surface area (Å²) in [5, 5.41) is 22.4. The van der Waals surface area contributed by atoms with Gasteiger partial charge in [0.1, 0.15) is 5.69 Å². The van der Waals surface area contributed by atoms with Gasteiger partial charge in [0.2, 0.25) is 0 Å². The number of benzene rings is 1. The van der Waals surface area contributed by atoms with E-state index in [1.807, 2.05) is 36.7 Å². The number of fused-ring (bicyclic) bond motifs is 1. The summed E-state index contributed by atoms with van der Waals surface area (Å²) < 4.78 is 1.63. The molecule has 2 N–H and O–H groups in total. The van der Waals surface area contributed by atoms with E-state index in [-0.39, 0.29) is 6.61 Å². The third-order valence-corrected chi connectivity index (χ3v) is 3.06. The Kier molecular flexibility index (Phi) is 3.56. The molecule has 0 aliphatic rings. The van der Waals surface area contributed by atoms with Crippen LogP contribution in [-0.2, 0) is 13.1 Å². The number of hydrogen-bond donors (Lipinski definition) is 2. The number of aliphatic hydroxyl groups excluding tert-OH is 1. The lowest BCUT2D eigenvalue weighted by Gasteiger charge is -2.07. The minimum atomic E-state index is 0.0621. The smallest absolute Gasteiger partial charge is 0.102 e. The minimum Gasteiger partial charge on any atom is -0.394 e. The van der Waals surface area contributed by atoms with Crippen LogP contribution in [0.1, 0.15) is 5.69 Å². The van der Waals surface area contributed by atoms with Crippen molar-refractivity contribution in [2.24, 2.45) is 0 Å². The molecule has 0 fully saturated rings. The average Bonchev–Trinajstić information content (AvgIpc) is 2.93. The van der Waals surface area contributed by atoms with Gasteiger partial charge in [0, 0.05) is 28.9 Å². The number of rotatable bonds is 5. The van der Waals surface area contributed by atoms with E-state index >= 15 is 0 Å². The Morgan fingerprint density at radius 2 is 2.20 bits per heavy atom. The highest BCUT2D eigenvalue weighted by molar-refractivity contribution is 5.93. The minimum absolute atomic E-state index is 0.0621. The zero-order valence-electron chi connectivity index (χ0n) is 10.9. The van der Waals surface area contributed by atoms with E-state index in [1.165, 1.54) is 0 Å². The molecule has 3 aromatic rings. The molecule has 2 aromatic heterocycles. The first-order valence-corrected chi connectivity index (χ1v) is 6.43. The Hall–Kier alpha value is -2.47. The van der Waals surface area contributed by atoms with E-state index in [0.29, 0.717) is 13.1 Å². The third kappa shape index (κ3) is 2.60. The Labute approximate surface area is 116 Å². The van der Waals surface area contributed by atoms with Crippen molar-refractivity contribution in [2.45, 2.75) is 13.1 Å². The van der Waals surface area contributed by atoms with Gasteiger partial charge in [-0.15, -0.1) is 5.10 Å². The normalized spacial score (nSPS) is 10.8. The number of anilines is 1. The van der Waals surface area contributed by atoms with Crippen molar-refractivity contribution in [3.05, 3.63) is 48.5 Å². The van der Waals surface area contributed by atoms with Gasteiger partial charge in [-0.25, -0.2) is 4.68 Å². The first-order valence-electron chi connectivity index (χ1n) is 6.43. The highest BCUT2D eigenvalue weighted by atomic mass is 16.3. The fourth-order valence-electron chi connectivity index (χ4n) is 2.09. The molecule has 0 aliphatic carbocycles. The van der Waals surface area contributed by atoms with Gasteiger partial charge in [-0.3, -0.25) is 4.98 Å². The molecule has 0 radical (unpaired) electrons. The first-order chi connectivity index (χ1) is 9.86. The van der Waals surface area contributed by atoms with Crippen LogP contribution in [0.15, 0.2) is 42.9 Å². The summed E-state index contributed by atoms with van der Waals surface area (Å²) in [6.07, 6.45) is 5.46. The molecule has 0 amide bonds. The third-order valence-electron chi connectivity index (χ3n) is 3.06. The van der Waals surface area contributed by atoms with Crippen LogP contribution >= 0.6 is 0 Å². The maximum Gasteiger partial charge on any atom is 0.102 e. The van der Waals surface area contributed by atoms with Gasteiger partial charge in [0.25, 0.3) is 0 Å². The molecule has 20 heavy (non-hydrogen) atoms. The van der Waals surface area contributed by atoms with Gasteiger partial charge < -0.3 is 10.4 Å². The van der Waals surface area contributed by atoms with Crippen LogP contribution in [-0.4, -0.2) is 31.7 Å². The summed E-state index contributed by atoms with van der Waals surface area (Å²) in [6, 6.07) is 8.04. The molecule has 2 heterocycles. The topological polar surface area (TPSA) is 75.9 Å². The lowest BCUT2D eigenvalue weighted by atomic mass is 10.1. The average molecular weight is 269 g/mol. The number of aliphatic hydroxyl groups is 1. The van der Waals surface area contributed by atoms with Crippen molar-refractivity contribution >= 4 is 16.5 Å². The number of pyridine rings is 1. The van der Waals surface area contributed by atoms with Crippen molar-refractivity contribution in [3.63, 3.8) is 0 Å². The number of hydrogen-bond acceptors (Lipinski definition) is 5. The number of nitrogens with one attached hydrogen (secondary N) is 1. The quantitative estimate of drug-likeness (QED) is 0.733. The van der Waals surface area contributed by atoms with Gasteiger partial charge in [-0.05, 0) is 12.1 Å². The Bertz CT molecular complexity index is 704. The molecule has 102 valence electrons. The second-order valence-electron chi connectivity index (χ2n) is 4.45. The molecular weight excluding hydrogens is 254 g/mol. The fraction of sp³-hybridized carbons (Fsp3) is 0.214. The summed E-state index contributed by atoms with van der Waals surface area (Å²) >= 11 is 0. The Morgan fingerprint density at radius 3 is 3.10 bits per heavy atom. The predicted molar refractivity (Wildman–Crippen MR) is 76.2 cm³/mol. The Balaban J connectivity index is 1.76. The predicted octanol–water partition coefficient (Wildman–Crippen LogP) is 1.43. The van der Waals surface area contributed by atoms with E-state index < -0.39 is 0 Å². The summed E-state index contributed by atoms with van der Waals surface area (Å²) in [6.45, 7) is 1.12. The lowest BCUT2D eigenvalue weighted by Crippen LogP contribution is -2.02. The zero-order chi connectivity index (χ0) is 13.8. The van der Waals surface area contributed by atoms with Crippen LogP contribution in [0.5, 0.6) is 0 Å². The van der Waals surface area contributed by atoms with Crippen LogP contribution in [0.4, 0.5) is 5.69 Å². The van der Waals surface area contributed by atoms with Crippen molar-refractivity contribution in [1.82, 2.24) is 20.0 Å². The first kappa shape index (κ1) is 12.6. The SMILES string of the molecule is OCCn1cc(CNc2cccc3cnccc23)nn1. The molecule has 0 atom stereocenters. The molecule has 0 saturated carbocycles.